The summed E-state index contributed by atoms with van der Waals surface area (Å²) < 4.78 is 38.3. The molecule has 0 aliphatic carbocycles. The molecule has 1 heterocycles. The Morgan fingerprint density at radius 2 is 2.09 bits per heavy atom. The van der Waals surface area contributed by atoms with E-state index < -0.39 is 15.8 Å². The van der Waals surface area contributed by atoms with Crippen molar-refractivity contribution in [2.24, 2.45) is 11.1 Å². The van der Waals surface area contributed by atoms with Crippen LogP contribution in [-0.2, 0) is 10.0 Å². The van der Waals surface area contributed by atoms with Crippen molar-refractivity contribution in [1.82, 2.24) is 4.90 Å². The van der Waals surface area contributed by atoms with Crippen molar-refractivity contribution in [3.05, 3.63) is 29.6 Å². The molecular weight excluding hydrogens is 321 g/mol. The van der Waals surface area contributed by atoms with Gasteiger partial charge in [0, 0.05) is 24.7 Å². The first-order valence-electron chi connectivity index (χ1n) is 7.32. The van der Waals surface area contributed by atoms with Gasteiger partial charge in [0.2, 0.25) is 10.0 Å². The zero-order valence-corrected chi connectivity index (χ0v) is 14.3. The van der Waals surface area contributed by atoms with Crippen molar-refractivity contribution >= 4 is 21.6 Å². The SMILES string of the molecule is CC1(C)CN(C(=O)c2ccc(F)c(NS(C)(=O)=O)c2)CCC1N. The smallest absolute Gasteiger partial charge is 0.253 e. The molecule has 1 amide bonds. The second-order valence-electron chi connectivity index (χ2n) is 6.68. The van der Waals surface area contributed by atoms with Crippen LogP contribution in [0.15, 0.2) is 18.2 Å². The van der Waals surface area contributed by atoms with Gasteiger partial charge in [-0.3, -0.25) is 9.52 Å². The summed E-state index contributed by atoms with van der Waals surface area (Å²) in [6, 6.07) is 3.68. The Labute approximate surface area is 135 Å². The second kappa shape index (κ2) is 6.09. The van der Waals surface area contributed by atoms with E-state index in [-0.39, 0.29) is 28.6 Å². The number of nitrogens with one attached hydrogen (secondary N) is 1. The third-order valence-corrected chi connectivity index (χ3v) is 4.70. The maximum atomic E-state index is 13.7. The highest BCUT2D eigenvalue weighted by molar-refractivity contribution is 7.92. The van der Waals surface area contributed by atoms with Crippen molar-refractivity contribution in [2.75, 3.05) is 24.1 Å². The molecule has 2 rings (SSSR count). The number of likely N-dealkylation sites (tertiary alicyclic amines) is 1. The number of rotatable bonds is 3. The lowest BCUT2D eigenvalue weighted by Gasteiger charge is -2.42. The predicted octanol–water partition coefficient (Wildman–Crippen LogP) is 1.40. The maximum Gasteiger partial charge on any atom is 0.253 e. The second-order valence-corrected chi connectivity index (χ2v) is 8.43. The van der Waals surface area contributed by atoms with Crippen LogP contribution in [0.5, 0.6) is 0 Å². The molecule has 1 fully saturated rings. The molecule has 1 saturated heterocycles. The summed E-state index contributed by atoms with van der Waals surface area (Å²) >= 11 is 0. The number of anilines is 1. The van der Waals surface area contributed by atoms with E-state index in [1.165, 1.54) is 12.1 Å². The Morgan fingerprint density at radius 3 is 2.65 bits per heavy atom. The van der Waals surface area contributed by atoms with Crippen LogP contribution in [0.2, 0.25) is 0 Å². The van der Waals surface area contributed by atoms with Crippen LogP contribution >= 0.6 is 0 Å². The van der Waals surface area contributed by atoms with Crippen LogP contribution in [0.25, 0.3) is 0 Å². The molecule has 0 aromatic heterocycles. The number of carbonyl (C=O) groups is 1. The van der Waals surface area contributed by atoms with E-state index in [1.807, 2.05) is 13.8 Å². The number of hydrogen-bond acceptors (Lipinski definition) is 4. The first-order chi connectivity index (χ1) is 10.5. The van der Waals surface area contributed by atoms with Gasteiger partial charge >= 0.3 is 0 Å². The molecule has 0 spiro atoms. The number of sulfonamides is 1. The third-order valence-electron chi connectivity index (χ3n) is 4.11. The van der Waals surface area contributed by atoms with Crippen LogP contribution in [-0.4, -0.2) is 44.6 Å². The monoisotopic (exact) mass is 343 g/mol. The number of hydrogen-bond donors (Lipinski definition) is 2. The van der Waals surface area contributed by atoms with E-state index in [0.29, 0.717) is 19.5 Å². The van der Waals surface area contributed by atoms with Gasteiger partial charge < -0.3 is 10.6 Å². The molecule has 0 saturated carbocycles. The molecule has 8 heteroatoms. The fourth-order valence-electron chi connectivity index (χ4n) is 2.67. The number of piperidine rings is 1. The van der Waals surface area contributed by atoms with Crippen LogP contribution in [0.1, 0.15) is 30.6 Å². The predicted molar refractivity (Wildman–Crippen MR) is 87.1 cm³/mol. The van der Waals surface area contributed by atoms with Gasteiger partial charge in [-0.15, -0.1) is 0 Å². The first-order valence-corrected chi connectivity index (χ1v) is 9.21. The third kappa shape index (κ3) is 4.20. The minimum absolute atomic E-state index is 0.0160. The van der Waals surface area contributed by atoms with Crippen molar-refractivity contribution in [1.29, 1.82) is 0 Å². The lowest BCUT2D eigenvalue weighted by Crippen LogP contribution is -2.54. The highest BCUT2D eigenvalue weighted by Crippen LogP contribution is 2.29. The quantitative estimate of drug-likeness (QED) is 0.867. The van der Waals surface area contributed by atoms with Gasteiger partial charge in [-0.1, -0.05) is 13.8 Å². The number of halogens is 1. The highest BCUT2D eigenvalue weighted by Gasteiger charge is 2.35. The number of benzene rings is 1. The van der Waals surface area contributed by atoms with Gasteiger partial charge in [-0.05, 0) is 30.0 Å². The van der Waals surface area contributed by atoms with Gasteiger partial charge in [-0.25, -0.2) is 12.8 Å². The topological polar surface area (TPSA) is 92.5 Å². The summed E-state index contributed by atoms with van der Waals surface area (Å²) in [6.45, 7) is 5.02. The molecule has 1 unspecified atom stereocenters. The number of nitrogens with zero attached hydrogens (tertiary/aromatic N) is 1. The van der Waals surface area contributed by atoms with E-state index in [1.54, 1.807) is 4.90 Å². The molecule has 3 N–H and O–H groups in total. The average Bonchev–Trinajstić information content (AvgIpc) is 2.42. The molecule has 0 radical (unpaired) electrons. The van der Waals surface area contributed by atoms with E-state index in [0.717, 1.165) is 12.3 Å². The van der Waals surface area contributed by atoms with Gasteiger partial charge in [0.15, 0.2) is 0 Å². The van der Waals surface area contributed by atoms with Crippen molar-refractivity contribution in [3.8, 4) is 0 Å². The normalized spacial score (nSPS) is 21.1. The van der Waals surface area contributed by atoms with E-state index >= 15 is 0 Å². The number of nitrogens with two attached hydrogens (primary N) is 1. The Bertz CT molecular complexity index is 719. The molecule has 0 bridgehead atoms. The lowest BCUT2D eigenvalue weighted by molar-refractivity contribution is 0.0533. The standard InChI is InChI=1S/C15H22FN3O3S/c1-15(2)9-19(7-6-13(15)17)14(20)10-4-5-11(16)12(8-10)18-23(3,21)22/h4-5,8,13,18H,6-7,9,17H2,1-3H3. The van der Waals surface area contributed by atoms with Gasteiger partial charge in [0.05, 0.1) is 11.9 Å². The zero-order valence-electron chi connectivity index (χ0n) is 13.5. The highest BCUT2D eigenvalue weighted by atomic mass is 32.2. The van der Waals surface area contributed by atoms with Crippen LogP contribution in [0.4, 0.5) is 10.1 Å². The Balaban J connectivity index is 2.25. The minimum atomic E-state index is -3.62. The molecular formula is C15H22FN3O3S. The van der Waals surface area contributed by atoms with Gasteiger partial charge in [-0.2, -0.15) is 0 Å². The number of carbonyl (C=O) groups excluding carboxylic acids is 1. The Kier molecular flexibility index (Phi) is 4.68. The molecule has 1 aromatic carbocycles. The Hall–Kier alpha value is -1.67. The van der Waals surface area contributed by atoms with E-state index in [4.69, 9.17) is 5.73 Å². The zero-order chi connectivity index (χ0) is 17.4. The van der Waals surface area contributed by atoms with Crippen LogP contribution in [0.3, 0.4) is 0 Å². The summed E-state index contributed by atoms with van der Waals surface area (Å²) in [6.07, 6.45) is 1.61. The molecule has 1 aliphatic heterocycles. The molecule has 1 aromatic rings. The summed E-state index contributed by atoms with van der Waals surface area (Å²) in [7, 11) is -3.62. The lowest BCUT2D eigenvalue weighted by atomic mass is 9.79. The van der Waals surface area contributed by atoms with E-state index in [9.17, 15) is 17.6 Å². The van der Waals surface area contributed by atoms with Crippen molar-refractivity contribution in [3.63, 3.8) is 0 Å². The fourth-order valence-corrected chi connectivity index (χ4v) is 3.22. The summed E-state index contributed by atoms with van der Waals surface area (Å²) in [5, 5.41) is 0. The molecule has 6 nitrogen and oxygen atoms in total. The molecule has 1 atom stereocenters. The fraction of sp³-hybridized carbons (Fsp3) is 0.533. The maximum absolute atomic E-state index is 13.7. The minimum Gasteiger partial charge on any atom is -0.338 e. The number of amides is 1. The molecule has 128 valence electrons. The van der Waals surface area contributed by atoms with Crippen molar-refractivity contribution in [2.45, 2.75) is 26.3 Å². The molecule has 23 heavy (non-hydrogen) atoms. The van der Waals surface area contributed by atoms with Gasteiger partial charge in [0.25, 0.3) is 5.91 Å². The summed E-state index contributed by atoms with van der Waals surface area (Å²) in [5.74, 6) is -0.991. The summed E-state index contributed by atoms with van der Waals surface area (Å²) in [5.41, 5.74) is 5.87. The van der Waals surface area contributed by atoms with E-state index in [2.05, 4.69) is 4.72 Å². The first kappa shape index (κ1) is 17.7. The summed E-state index contributed by atoms with van der Waals surface area (Å²) in [4.78, 5) is 14.3. The average molecular weight is 343 g/mol. The van der Waals surface area contributed by atoms with Crippen molar-refractivity contribution < 1.29 is 17.6 Å². The largest absolute Gasteiger partial charge is 0.338 e. The van der Waals surface area contributed by atoms with Gasteiger partial charge in [0.1, 0.15) is 5.82 Å². The molecule has 1 aliphatic rings. The Morgan fingerprint density at radius 1 is 1.43 bits per heavy atom. The van der Waals surface area contributed by atoms with Crippen LogP contribution < -0.4 is 10.5 Å². The van der Waals surface area contributed by atoms with Crippen LogP contribution in [0, 0.1) is 11.2 Å².